The van der Waals surface area contributed by atoms with Crippen molar-refractivity contribution >= 4 is 11.8 Å². The molecular formula is C22H39FO6. The molecule has 0 radical (unpaired) electrons. The number of aliphatic carboxylic acids is 1. The first kappa shape index (κ1) is 26.0. The molecule has 3 N–H and O–H groups in total. The molecule has 0 aliphatic heterocycles. The molecule has 6 nitrogen and oxygen atoms in total. The molecule has 0 aromatic carbocycles. The number of rotatable bonds is 17. The van der Waals surface area contributed by atoms with Gasteiger partial charge in [0, 0.05) is 12.3 Å². The van der Waals surface area contributed by atoms with Gasteiger partial charge in [0.25, 0.3) is 0 Å². The van der Waals surface area contributed by atoms with Crippen molar-refractivity contribution in [3.63, 3.8) is 0 Å². The Balaban J connectivity index is 2.48. The molecule has 5 atom stereocenters. The molecule has 0 aromatic rings. The molecule has 7 heteroatoms. The number of ether oxygens (including phenoxy) is 1. The number of alkyl halides is 1. The van der Waals surface area contributed by atoms with Gasteiger partial charge in [-0.2, -0.15) is 0 Å². The summed E-state index contributed by atoms with van der Waals surface area (Å²) in [5, 5.41) is 27.7. The molecule has 0 aromatic heterocycles. The molecule has 1 aliphatic carbocycles. The van der Waals surface area contributed by atoms with Crippen LogP contribution in [0.3, 0.4) is 0 Å². The van der Waals surface area contributed by atoms with Gasteiger partial charge in [-0.05, 0) is 44.4 Å². The van der Waals surface area contributed by atoms with Gasteiger partial charge in [0.05, 0.1) is 25.4 Å². The van der Waals surface area contributed by atoms with Crippen molar-refractivity contribution in [1.82, 2.24) is 0 Å². The average Bonchev–Trinajstić information content (AvgIpc) is 2.98. The average molecular weight is 419 g/mol. The Hall–Kier alpha value is -1.05. The summed E-state index contributed by atoms with van der Waals surface area (Å²) in [6.45, 7) is 2.24. The molecule has 1 saturated carbocycles. The third kappa shape index (κ3) is 10.0. The number of carboxylic acids is 1. The van der Waals surface area contributed by atoms with Crippen LogP contribution < -0.4 is 0 Å². The molecular weight excluding hydrogens is 379 g/mol. The van der Waals surface area contributed by atoms with Crippen LogP contribution in [-0.4, -0.2) is 58.7 Å². The molecule has 0 saturated heterocycles. The lowest BCUT2D eigenvalue weighted by molar-refractivity contribution is -0.143. The van der Waals surface area contributed by atoms with Gasteiger partial charge in [0.2, 0.25) is 0 Å². The van der Waals surface area contributed by atoms with Crippen LogP contribution in [0.1, 0.15) is 84.0 Å². The maximum atomic E-state index is 13.1. The molecule has 0 bridgehead atoms. The number of unbranched alkanes of at least 4 members (excludes halogenated alkanes) is 3. The zero-order valence-corrected chi connectivity index (χ0v) is 17.7. The van der Waals surface area contributed by atoms with Crippen LogP contribution in [0.4, 0.5) is 4.39 Å². The highest BCUT2D eigenvalue weighted by Gasteiger charge is 2.42. The van der Waals surface area contributed by atoms with Crippen molar-refractivity contribution in [3.05, 3.63) is 0 Å². The predicted molar refractivity (Wildman–Crippen MR) is 108 cm³/mol. The van der Waals surface area contributed by atoms with E-state index in [1.165, 1.54) is 0 Å². The number of Topliss-reactive ketones (excluding diaryl/α,β-unsaturated/α-hetero) is 1. The zero-order chi connectivity index (χ0) is 21.6. The topological polar surface area (TPSA) is 104 Å². The second-order valence-corrected chi connectivity index (χ2v) is 8.24. The third-order valence-electron chi connectivity index (χ3n) is 5.94. The van der Waals surface area contributed by atoms with E-state index in [2.05, 4.69) is 6.92 Å². The second-order valence-electron chi connectivity index (χ2n) is 8.24. The normalized spacial score (nSPS) is 24.0. The van der Waals surface area contributed by atoms with Crippen molar-refractivity contribution in [2.45, 2.75) is 102 Å². The highest BCUT2D eigenvalue weighted by molar-refractivity contribution is 5.84. The smallest absolute Gasteiger partial charge is 0.338 e. The van der Waals surface area contributed by atoms with Crippen LogP contribution in [-0.2, 0) is 14.3 Å². The Kier molecular flexibility index (Phi) is 13.3. The first-order valence-electron chi connectivity index (χ1n) is 11.2. The molecule has 1 rings (SSSR count). The Bertz CT molecular complexity index is 472. The Morgan fingerprint density at radius 2 is 1.86 bits per heavy atom. The first-order chi connectivity index (χ1) is 13.9. The predicted octanol–water partition coefficient (Wildman–Crippen LogP) is 3.66. The molecule has 29 heavy (non-hydrogen) atoms. The summed E-state index contributed by atoms with van der Waals surface area (Å²) in [5.74, 6) is -1.26. The lowest BCUT2D eigenvalue weighted by Crippen LogP contribution is -2.25. The number of carbonyl (C=O) groups is 2. The number of aliphatic hydroxyl groups excluding tert-OH is 2. The number of hydrogen-bond acceptors (Lipinski definition) is 5. The van der Waals surface area contributed by atoms with Crippen molar-refractivity contribution in [2.24, 2.45) is 11.8 Å². The maximum Gasteiger partial charge on any atom is 0.338 e. The summed E-state index contributed by atoms with van der Waals surface area (Å²) in [4.78, 5) is 23.0. The quantitative estimate of drug-likeness (QED) is 0.311. The van der Waals surface area contributed by atoms with Crippen LogP contribution in [0.15, 0.2) is 0 Å². The van der Waals surface area contributed by atoms with E-state index in [-0.39, 0.29) is 49.5 Å². The monoisotopic (exact) mass is 418 g/mol. The van der Waals surface area contributed by atoms with E-state index in [1.807, 2.05) is 0 Å². The molecule has 1 aliphatic rings. The van der Waals surface area contributed by atoms with E-state index >= 15 is 0 Å². The van der Waals surface area contributed by atoms with Gasteiger partial charge >= 0.3 is 5.97 Å². The van der Waals surface area contributed by atoms with Crippen molar-refractivity contribution in [2.75, 3.05) is 13.2 Å². The Morgan fingerprint density at radius 1 is 1.14 bits per heavy atom. The Labute approximate surface area is 173 Å². The lowest BCUT2D eigenvalue weighted by atomic mass is 9.85. The van der Waals surface area contributed by atoms with Crippen LogP contribution in [0.5, 0.6) is 0 Å². The van der Waals surface area contributed by atoms with Crippen LogP contribution in [0.25, 0.3) is 0 Å². The highest BCUT2D eigenvalue weighted by Crippen LogP contribution is 2.38. The van der Waals surface area contributed by atoms with Gasteiger partial charge in [0.1, 0.15) is 5.78 Å². The number of halogens is 1. The maximum absolute atomic E-state index is 13.1. The minimum absolute atomic E-state index is 0.00919. The third-order valence-corrected chi connectivity index (χ3v) is 5.94. The molecule has 170 valence electrons. The van der Waals surface area contributed by atoms with Crippen LogP contribution >= 0.6 is 0 Å². The summed E-state index contributed by atoms with van der Waals surface area (Å²) in [7, 11) is 0. The van der Waals surface area contributed by atoms with E-state index in [9.17, 15) is 19.1 Å². The van der Waals surface area contributed by atoms with Crippen LogP contribution in [0.2, 0.25) is 0 Å². The van der Waals surface area contributed by atoms with Crippen LogP contribution in [0, 0.1) is 11.8 Å². The van der Waals surface area contributed by atoms with E-state index in [1.54, 1.807) is 0 Å². The lowest BCUT2D eigenvalue weighted by Gasteiger charge is -2.24. The summed E-state index contributed by atoms with van der Waals surface area (Å²) in [6.07, 6.45) is 5.95. The molecule has 1 fully saturated rings. The SMILES string of the molecule is CCCCC(O)CCC[C@H]1[C@H](OCCO)CC(=O)[C@@H]1CCCCCC(F)C(=O)O. The second kappa shape index (κ2) is 14.9. The van der Waals surface area contributed by atoms with Gasteiger partial charge in [-0.15, -0.1) is 0 Å². The van der Waals surface area contributed by atoms with Gasteiger partial charge in [-0.25, -0.2) is 9.18 Å². The number of ketones is 1. The Morgan fingerprint density at radius 3 is 2.52 bits per heavy atom. The zero-order valence-electron chi connectivity index (χ0n) is 17.7. The van der Waals surface area contributed by atoms with Gasteiger partial charge in [0.15, 0.2) is 6.17 Å². The highest BCUT2D eigenvalue weighted by atomic mass is 19.1. The summed E-state index contributed by atoms with van der Waals surface area (Å²) in [5.41, 5.74) is 0. The molecule has 0 spiro atoms. The largest absolute Gasteiger partial charge is 0.479 e. The standard InChI is InChI=1S/C22H39FO6/c1-2-3-8-16(25)9-7-11-18-17(20(26)15-21(18)29-14-13-24)10-5-4-6-12-19(23)22(27)28/h16-19,21,24-25H,2-15H2,1H3,(H,27,28)/t16?,17-,18-,19?,21-/m1/s1. The van der Waals surface area contributed by atoms with Gasteiger partial charge in [-0.3, -0.25) is 4.79 Å². The van der Waals surface area contributed by atoms with Gasteiger partial charge < -0.3 is 20.1 Å². The van der Waals surface area contributed by atoms with Crippen molar-refractivity contribution in [3.8, 4) is 0 Å². The number of hydrogen-bond donors (Lipinski definition) is 3. The minimum Gasteiger partial charge on any atom is -0.479 e. The summed E-state index contributed by atoms with van der Waals surface area (Å²) < 4.78 is 18.8. The van der Waals surface area contributed by atoms with Crippen molar-refractivity contribution < 1.29 is 34.0 Å². The number of carboxylic acid groups (broad SMARTS) is 1. The first-order valence-corrected chi connectivity index (χ1v) is 11.2. The van der Waals surface area contributed by atoms with E-state index < -0.39 is 12.1 Å². The van der Waals surface area contributed by atoms with E-state index in [4.69, 9.17) is 14.9 Å². The summed E-state index contributed by atoms with van der Waals surface area (Å²) >= 11 is 0. The fourth-order valence-electron chi connectivity index (χ4n) is 4.31. The minimum atomic E-state index is -1.81. The summed E-state index contributed by atoms with van der Waals surface area (Å²) in [6, 6.07) is 0. The fourth-order valence-corrected chi connectivity index (χ4v) is 4.31. The number of aliphatic hydroxyl groups is 2. The molecule has 2 unspecified atom stereocenters. The molecule has 0 heterocycles. The fraction of sp³-hybridized carbons (Fsp3) is 0.909. The van der Waals surface area contributed by atoms with E-state index in [0.29, 0.717) is 25.7 Å². The van der Waals surface area contributed by atoms with E-state index in [0.717, 1.165) is 44.9 Å². The van der Waals surface area contributed by atoms with Crippen molar-refractivity contribution in [1.29, 1.82) is 0 Å². The van der Waals surface area contributed by atoms with Gasteiger partial charge in [-0.1, -0.05) is 39.0 Å². The molecule has 0 amide bonds. The number of carbonyl (C=O) groups excluding carboxylic acids is 1.